The van der Waals surface area contributed by atoms with E-state index < -0.39 is 5.97 Å². The van der Waals surface area contributed by atoms with Gasteiger partial charge in [-0.15, -0.1) is 0 Å². The first-order valence-electron chi connectivity index (χ1n) is 7.66. The number of nitrogens with zero attached hydrogens (tertiary/aromatic N) is 1. The van der Waals surface area contributed by atoms with Crippen LogP contribution in [0.25, 0.3) is 0 Å². The lowest BCUT2D eigenvalue weighted by Crippen LogP contribution is -2.49. The first-order chi connectivity index (χ1) is 9.37. The van der Waals surface area contributed by atoms with Crippen molar-refractivity contribution >= 4 is 12.0 Å². The van der Waals surface area contributed by atoms with E-state index in [1.165, 1.54) is 0 Å². The van der Waals surface area contributed by atoms with Crippen LogP contribution in [0, 0.1) is 11.3 Å². The third-order valence-corrected chi connectivity index (χ3v) is 4.80. The number of rotatable bonds is 2. The van der Waals surface area contributed by atoms with Gasteiger partial charge in [0.2, 0.25) is 0 Å². The van der Waals surface area contributed by atoms with Crippen molar-refractivity contribution in [3.05, 3.63) is 0 Å². The lowest BCUT2D eigenvalue weighted by atomic mass is 9.75. The standard InChI is InChI=1S/C15H26N2O3/c1-15(2)7-3-12(4-8-15)16-14(20)17-9-5-11(6-10-17)13(18)19/h11-12H,3-10H2,1-2H3,(H,16,20)(H,18,19). The minimum atomic E-state index is -0.737. The summed E-state index contributed by atoms with van der Waals surface area (Å²) in [6.07, 6.45) is 5.54. The van der Waals surface area contributed by atoms with Gasteiger partial charge in [-0.3, -0.25) is 4.79 Å². The summed E-state index contributed by atoms with van der Waals surface area (Å²) >= 11 is 0. The molecule has 2 fully saturated rings. The number of likely N-dealkylation sites (tertiary alicyclic amines) is 1. The quantitative estimate of drug-likeness (QED) is 0.817. The Bertz CT molecular complexity index is 363. The summed E-state index contributed by atoms with van der Waals surface area (Å²) in [5, 5.41) is 12.1. The second-order valence-electron chi connectivity index (χ2n) is 6.99. The summed E-state index contributed by atoms with van der Waals surface area (Å²) in [6, 6.07) is 0.270. The Morgan fingerprint density at radius 3 is 2.15 bits per heavy atom. The van der Waals surface area contributed by atoms with Gasteiger partial charge in [0.15, 0.2) is 0 Å². The molecule has 0 bridgehead atoms. The predicted octanol–water partition coefficient (Wildman–Crippen LogP) is 2.46. The van der Waals surface area contributed by atoms with Gasteiger partial charge in [-0.25, -0.2) is 4.79 Å². The zero-order valence-electron chi connectivity index (χ0n) is 12.5. The average Bonchev–Trinajstić information content (AvgIpc) is 2.41. The molecule has 0 spiro atoms. The van der Waals surface area contributed by atoms with E-state index in [9.17, 15) is 9.59 Å². The molecule has 1 aliphatic carbocycles. The number of carboxylic acid groups (broad SMARTS) is 1. The second kappa shape index (κ2) is 6.02. The van der Waals surface area contributed by atoms with Crippen LogP contribution in [0.15, 0.2) is 0 Å². The van der Waals surface area contributed by atoms with Crippen molar-refractivity contribution in [1.82, 2.24) is 10.2 Å². The predicted molar refractivity (Wildman–Crippen MR) is 76.5 cm³/mol. The van der Waals surface area contributed by atoms with E-state index in [2.05, 4.69) is 19.2 Å². The minimum absolute atomic E-state index is 0.0152. The number of carbonyl (C=O) groups is 2. The molecule has 1 saturated heterocycles. The summed E-state index contributed by atoms with van der Waals surface area (Å²) in [6.45, 7) is 5.67. The molecule has 0 radical (unpaired) electrons. The molecule has 5 nitrogen and oxygen atoms in total. The molecular formula is C15H26N2O3. The van der Waals surface area contributed by atoms with Crippen molar-refractivity contribution < 1.29 is 14.7 Å². The van der Waals surface area contributed by atoms with Crippen molar-refractivity contribution in [3.8, 4) is 0 Å². The smallest absolute Gasteiger partial charge is 0.317 e. The van der Waals surface area contributed by atoms with Gasteiger partial charge in [0.1, 0.15) is 0 Å². The first kappa shape index (κ1) is 15.1. The number of aliphatic carboxylic acids is 1. The van der Waals surface area contributed by atoms with Gasteiger partial charge in [0, 0.05) is 19.1 Å². The van der Waals surface area contributed by atoms with Gasteiger partial charge in [-0.2, -0.15) is 0 Å². The lowest BCUT2D eigenvalue weighted by Gasteiger charge is -2.36. The number of piperidine rings is 1. The zero-order valence-corrected chi connectivity index (χ0v) is 12.5. The maximum Gasteiger partial charge on any atom is 0.317 e. The Balaban J connectivity index is 1.75. The Hall–Kier alpha value is -1.26. The summed E-state index contributed by atoms with van der Waals surface area (Å²) in [7, 11) is 0. The maximum atomic E-state index is 12.2. The summed E-state index contributed by atoms with van der Waals surface area (Å²) < 4.78 is 0. The summed E-state index contributed by atoms with van der Waals surface area (Å²) in [4.78, 5) is 24.8. The molecule has 1 saturated carbocycles. The fourth-order valence-electron chi connectivity index (χ4n) is 3.14. The number of carbonyl (C=O) groups excluding carboxylic acids is 1. The molecule has 2 rings (SSSR count). The van der Waals surface area contributed by atoms with Crippen LogP contribution >= 0.6 is 0 Å². The molecule has 114 valence electrons. The van der Waals surface area contributed by atoms with E-state index >= 15 is 0 Å². The fourth-order valence-corrected chi connectivity index (χ4v) is 3.14. The van der Waals surface area contributed by atoms with E-state index in [1.54, 1.807) is 4.90 Å². The molecule has 20 heavy (non-hydrogen) atoms. The molecule has 5 heteroatoms. The molecule has 0 aromatic rings. The highest BCUT2D eigenvalue weighted by atomic mass is 16.4. The molecule has 0 atom stereocenters. The van der Waals surface area contributed by atoms with Crippen LogP contribution in [0.2, 0.25) is 0 Å². The Kier molecular flexibility index (Phi) is 4.55. The van der Waals surface area contributed by atoms with Crippen molar-refractivity contribution in [2.24, 2.45) is 11.3 Å². The highest BCUT2D eigenvalue weighted by Gasteiger charge is 2.30. The van der Waals surface area contributed by atoms with Crippen LogP contribution in [-0.2, 0) is 4.79 Å². The van der Waals surface area contributed by atoms with E-state index in [1.807, 2.05) is 0 Å². The van der Waals surface area contributed by atoms with Gasteiger partial charge in [0.05, 0.1) is 5.92 Å². The third-order valence-electron chi connectivity index (χ3n) is 4.80. The molecule has 2 aliphatic rings. The van der Waals surface area contributed by atoms with E-state index in [0.29, 0.717) is 31.3 Å². The number of amides is 2. The monoisotopic (exact) mass is 282 g/mol. The van der Waals surface area contributed by atoms with E-state index in [0.717, 1.165) is 25.7 Å². The number of urea groups is 1. The largest absolute Gasteiger partial charge is 0.481 e. The van der Waals surface area contributed by atoms with Gasteiger partial charge < -0.3 is 15.3 Å². The van der Waals surface area contributed by atoms with Crippen molar-refractivity contribution in [1.29, 1.82) is 0 Å². The second-order valence-corrected chi connectivity index (χ2v) is 6.99. The Morgan fingerprint density at radius 1 is 1.10 bits per heavy atom. The average molecular weight is 282 g/mol. The fraction of sp³-hybridized carbons (Fsp3) is 0.867. The van der Waals surface area contributed by atoms with Crippen molar-refractivity contribution in [2.45, 2.75) is 58.4 Å². The summed E-state index contributed by atoms with van der Waals surface area (Å²) in [5.74, 6) is -1.02. The molecule has 2 amide bonds. The molecule has 2 N–H and O–H groups in total. The molecular weight excluding hydrogens is 256 g/mol. The van der Waals surface area contributed by atoms with Crippen molar-refractivity contribution in [2.75, 3.05) is 13.1 Å². The topological polar surface area (TPSA) is 69.6 Å². The molecule has 1 aliphatic heterocycles. The maximum absolute atomic E-state index is 12.2. The molecule has 0 unspecified atom stereocenters. The van der Waals surface area contributed by atoms with Crippen molar-refractivity contribution in [3.63, 3.8) is 0 Å². The van der Waals surface area contributed by atoms with Gasteiger partial charge in [-0.05, 0) is 43.9 Å². The van der Waals surface area contributed by atoms with Crippen LogP contribution in [0.1, 0.15) is 52.4 Å². The number of hydrogen-bond donors (Lipinski definition) is 2. The molecule has 0 aromatic carbocycles. The molecule has 0 aromatic heterocycles. The van der Waals surface area contributed by atoms with Gasteiger partial charge >= 0.3 is 12.0 Å². The Labute approximate surface area is 120 Å². The third kappa shape index (κ3) is 3.87. The van der Waals surface area contributed by atoms with Crippen LogP contribution in [0.5, 0.6) is 0 Å². The number of hydrogen-bond acceptors (Lipinski definition) is 2. The van der Waals surface area contributed by atoms with Crippen LogP contribution in [0.3, 0.4) is 0 Å². The van der Waals surface area contributed by atoms with Gasteiger partial charge in [-0.1, -0.05) is 13.8 Å². The van der Waals surface area contributed by atoms with Gasteiger partial charge in [0.25, 0.3) is 0 Å². The van der Waals surface area contributed by atoms with Crippen LogP contribution < -0.4 is 5.32 Å². The zero-order chi connectivity index (χ0) is 14.8. The van der Waals surface area contributed by atoms with Crippen LogP contribution in [-0.4, -0.2) is 41.1 Å². The highest BCUT2D eigenvalue weighted by Crippen LogP contribution is 2.35. The lowest BCUT2D eigenvalue weighted by molar-refractivity contribution is -0.143. The molecule has 1 heterocycles. The Morgan fingerprint density at radius 2 is 1.65 bits per heavy atom. The summed E-state index contributed by atoms with van der Waals surface area (Å²) in [5.41, 5.74) is 0.404. The SMILES string of the molecule is CC1(C)CCC(NC(=O)N2CCC(C(=O)O)CC2)CC1. The minimum Gasteiger partial charge on any atom is -0.481 e. The van der Waals surface area contributed by atoms with E-state index in [4.69, 9.17) is 5.11 Å². The highest BCUT2D eigenvalue weighted by molar-refractivity contribution is 5.75. The normalized spacial score (nSPS) is 24.4. The van der Waals surface area contributed by atoms with Crippen LogP contribution in [0.4, 0.5) is 4.79 Å². The number of nitrogens with one attached hydrogen (secondary N) is 1. The first-order valence-corrected chi connectivity index (χ1v) is 7.66. The van der Waals surface area contributed by atoms with E-state index in [-0.39, 0.29) is 18.0 Å². The number of carboxylic acids is 1.